The van der Waals surface area contributed by atoms with Crippen LogP contribution in [0.2, 0.25) is 0 Å². The van der Waals surface area contributed by atoms with Gasteiger partial charge in [0.2, 0.25) is 0 Å². The summed E-state index contributed by atoms with van der Waals surface area (Å²) in [6.45, 7) is 4.36. The Morgan fingerprint density at radius 2 is 1.82 bits per heavy atom. The summed E-state index contributed by atoms with van der Waals surface area (Å²) in [7, 11) is 0. The van der Waals surface area contributed by atoms with E-state index in [1.54, 1.807) is 5.57 Å². The summed E-state index contributed by atoms with van der Waals surface area (Å²) < 4.78 is 0. The van der Waals surface area contributed by atoms with E-state index in [-0.39, 0.29) is 0 Å². The molecule has 1 N–H and O–H groups in total. The molecule has 0 heterocycles. The number of allylic oxidation sites excluding steroid dienone is 1. The highest BCUT2D eigenvalue weighted by Gasteiger charge is 2.04. The highest BCUT2D eigenvalue weighted by Crippen LogP contribution is 2.21. The quantitative estimate of drug-likeness (QED) is 0.643. The molecule has 1 nitrogen and oxygen atoms in total. The minimum absolute atomic E-state index is 0.587. The van der Waals surface area contributed by atoms with Gasteiger partial charge in [0.25, 0.3) is 0 Å². The highest BCUT2D eigenvalue weighted by atomic mass is 14.9. The number of hydrogen-bond acceptors (Lipinski definition) is 1. The van der Waals surface area contributed by atoms with Gasteiger partial charge in [0, 0.05) is 6.04 Å². The van der Waals surface area contributed by atoms with Crippen molar-refractivity contribution < 1.29 is 0 Å². The molecular weight excluding hydrogens is 134 g/mol. The fourth-order valence-electron chi connectivity index (χ4n) is 1.43. The van der Waals surface area contributed by atoms with Crippen LogP contribution in [-0.2, 0) is 0 Å². The third-order valence-electron chi connectivity index (χ3n) is 2.12. The SMILES string of the molecule is CC(C)NC=C1CCCCC1. The molecule has 1 aliphatic rings. The second-order valence-electron chi connectivity index (χ2n) is 3.68. The van der Waals surface area contributed by atoms with Crippen LogP contribution in [0.3, 0.4) is 0 Å². The van der Waals surface area contributed by atoms with E-state index in [4.69, 9.17) is 0 Å². The summed E-state index contributed by atoms with van der Waals surface area (Å²) in [5.41, 5.74) is 1.62. The third kappa shape index (κ3) is 3.45. The molecular formula is C10H19N. The van der Waals surface area contributed by atoms with Crippen LogP contribution in [0.4, 0.5) is 0 Å². The molecule has 11 heavy (non-hydrogen) atoms. The van der Waals surface area contributed by atoms with Crippen LogP contribution >= 0.6 is 0 Å². The van der Waals surface area contributed by atoms with Gasteiger partial charge in [-0.05, 0) is 45.7 Å². The topological polar surface area (TPSA) is 12.0 Å². The first-order valence-corrected chi connectivity index (χ1v) is 4.73. The fourth-order valence-corrected chi connectivity index (χ4v) is 1.43. The van der Waals surface area contributed by atoms with Crippen LogP contribution in [-0.4, -0.2) is 6.04 Å². The molecule has 0 radical (unpaired) electrons. The average Bonchev–Trinajstić information content (AvgIpc) is 2.03. The predicted molar refractivity (Wildman–Crippen MR) is 49.4 cm³/mol. The Kier molecular flexibility index (Phi) is 3.47. The molecule has 0 atom stereocenters. The van der Waals surface area contributed by atoms with Crippen LogP contribution in [0.5, 0.6) is 0 Å². The van der Waals surface area contributed by atoms with Crippen LogP contribution in [0.15, 0.2) is 11.8 Å². The maximum Gasteiger partial charge on any atom is 0.0199 e. The van der Waals surface area contributed by atoms with Crippen LogP contribution in [0.1, 0.15) is 46.0 Å². The van der Waals surface area contributed by atoms with E-state index in [1.807, 2.05) is 0 Å². The molecule has 0 aromatic heterocycles. The van der Waals surface area contributed by atoms with E-state index in [9.17, 15) is 0 Å². The summed E-state index contributed by atoms with van der Waals surface area (Å²) in [5.74, 6) is 0. The standard InChI is InChI=1S/C10H19N/c1-9(2)11-8-10-6-4-3-5-7-10/h8-9,11H,3-7H2,1-2H3. The molecule has 0 unspecified atom stereocenters. The van der Waals surface area contributed by atoms with Gasteiger partial charge in [-0.25, -0.2) is 0 Å². The molecule has 0 aromatic carbocycles. The molecule has 1 aliphatic carbocycles. The Morgan fingerprint density at radius 3 is 2.36 bits per heavy atom. The van der Waals surface area contributed by atoms with E-state index in [1.165, 1.54) is 32.1 Å². The van der Waals surface area contributed by atoms with E-state index < -0.39 is 0 Å². The lowest BCUT2D eigenvalue weighted by Crippen LogP contribution is -2.16. The third-order valence-corrected chi connectivity index (χ3v) is 2.12. The highest BCUT2D eigenvalue weighted by molar-refractivity contribution is 5.03. The Bertz CT molecular complexity index is 128. The van der Waals surface area contributed by atoms with Gasteiger partial charge in [0.1, 0.15) is 0 Å². The number of hydrogen-bond donors (Lipinski definition) is 1. The number of rotatable bonds is 2. The van der Waals surface area contributed by atoms with Crippen molar-refractivity contribution in [1.29, 1.82) is 0 Å². The van der Waals surface area contributed by atoms with Gasteiger partial charge in [0.15, 0.2) is 0 Å². The first-order chi connectivity index (χ1) is 5.29. The van der Waals surface area contributed by atoms with Crippen molar-refractivity contribution in [1.82, 2.24) is 5.32 Å². The molecule has 0 spiro atoms. The second-order valence-corrected chi connectivity index (χ2v) is 3.68. The molecule has 1 fully saturated rings. The van der Waals surface area contributed by atoms with Crippen LogP contribution in [0.25, 0.3) is 0 Å². The van der Waals surface area contributed by atoms with Gasteiger partial charge in [-0.2, -0.15) is 0 Å². The Balaban J connectivity index is 2.26. The van der Waals surface area contributed by atoms with Crippen LogP contribution < -0.4 is 5.32 Å². The lowest BCUT2D eigenvalue weighted by molar-refractivity contribution is 0.587. The summed E-state index contributed by atoms with van der Waals surface area (Å²) >= 11 is 0. The summed E-state index contributed by atoms with van der Waals surface area (Å²) in [6, 6.07) is 0.587. The van der Waals surface area contributed by atoms with Gasteiger partial charge in [-0.15, -0.1) is 0 Å². The van der Waals surface area contributed by atoms with E-state index in [0.717, 1.165) is 0 Å². The zero-order valence-corrected chi connectivity index (χ0v) is 7.69. The fraction of sp³-hybridized carbons (Fsp3) is 0.800. The van der Waals surface area contributed by atoms with Crippen molar-refractivity contribution in [2.75, 3.05) is 0 Å². The minimum Gasteiger partial charge on any atom is -0.389 e. The lowest BCUT2D eigenvalue weighted by Gasteiger charge is -2.14. The maximum absolute atomic E-state index is 3.35. The van der Waals surface area contributed by atoms with Crippen molar-refractivity contribution >= 4 is 0 Å². The van der Waals surface area contributed by atoms with E-state index in [0.29, 0.717) is 6.04 Å². The maximum atomic E-state index is 3.35. The summed E-state index contributed by atoms with van der Waals surface area (Å²) in [4.78, 5) is 0. The van der Waals surface area contributed by atoms with Crippen molar-refractivity contribution in [3.05, 3.63) is 11.8 Å². The van der Waals surface area contributed by atoms with Crippen molar-refractivity contribution in [3.63, 3.8) is 0 Å². The lowest BCUT2D eigenvalue weighted by atomic mass is 9.96. The largest absolute Gasteiger partial charge is 0.389 e. The van der Waals surface area contributed by atoms with Gasteiger partial charge < -0.3 is 5.32 Å². The van der Waals surface area contributed by atoms with E-state index in [2.05, 4.69) is 25.4 Å². The van der Waals surface area contributed by atoms with Crippen molar-refractivity contribution in [2.45, 2.75) is 52.0 Å². The Morgan fingerprint density at radius 1 is 1.18 bits per heavy atom. The van der Waals surface area contributed by atoms with Gasteiger partial charge in [-0.3, -0.25) is 0 Å². The van der Waals surface area contributed by atoms with Crippen LogP contribution in [0, 0.1) is 0 Å². The average molecular weight is 153 g/mol. The molecule has 1 heteroatoms. The molecule has 0 bridgehead atoms. The smallest absolute Gasteiger partial charge is 0.0199 e. The van der Waals surface area contributed by atoms with Gasteiger partial charge >= 0.3 is 0 Å². The monoisotopic (exact) mass is 153 g/mol. The van der Waals surface area contributed by atoms with Crippen molar-refractivity contribution in [2.24, 2.45) is 0 Å². The molecule has 0 aliphatic heterocycles. The molecule has 0 saturated heterocycles. The summed E-state index contributed by atoms with van der Waals surface area (Å²) in [6.07, 6.45) is 9.08. The summed E-state index contributed by atoms with van der Waals surface area (Å²) in [5, 5.41) is 3.35. The molecule has 1 saturated carbocycles. The minimum atomic E-state index is 0.587. The normalized spacial score (nSPS) is 18.6. The zero-order chi connectivity index (χ0) is 8.10. The predicted octanol–water partition coefficient (Wildman–Crippen LogP) is 2.83. The molecule has 1 rings (SSSR count). The van der Waals surface area contributed by atoms with Crippen molar-refractivity contribution in [3.8, 4) is 0 Å². The molecule has 64 valence electrons. The second kappa shape index (κ2) is 4.42. The molecule has 0 aromatic rings. The van der Waals surface area contributed by atoms with E-state index >= 15 is 0 Å². The zero-order valence-electron chi connectivity index (χ0n) is 7.69. The number of nitrogens with one attached hydrogen (secondary N) is 1. The first kappa shape index (κ1) is 8.63. The Hall–Kier alpha value is -0.460. The molecule has 0 amide bonds. The Labute approximate surface area is 69.9 Å². The first-order valence-electron chi connectivity index (χ1n) is 4.73. The van der Waals surface area contributed by atoms with Gasteiger partial charge in [0.05, 0.1) is 0 Å². The van der Waals surface area contributed by atoms with Gasteiger partial charge in [-0.1, -0.05) is 12.0 Å².